The summed E-state index contributed by atoms with van der Waals surface area (Å²) in [5.74, 6) is -0.704. The van der Waals surface area contributed by atoms with Crippen molar-refractivity contribution in [1.82, 2.24) is 0 Å². The smallest absolute Gasteiger partial charge is 0.338 e. The molecule has 2 spiro atoms. The fourth-order valence-electron chi connectivity index (χ4n) is 4.06. The molecule has 5 nitrogen and oxygen atoms in total. The number of carbonyl (C=O) groups excluding carboxylic acids is 1. The van der Waals surface area contributed by atoms with E-state index in [1.165, 1.54) is 6.42 Å². The van der Waals surface area contributed by atoms with E-state index in [4.69, 9.17) is 19.2 Å². The molecule has 3 aliphatic rings. The summed E-state index contributed by atoms with van der Waals surface area (Å²) in [6, 6.07) is 9.07. The van der Waals surface area contributed by atoms with Crippen molar-refractivity contribution < 1.29 is 19.0 Å². The van der Waals surface area contributed by atoms with Crippen molar-refractivity contribution in [3.05, 3.63) is 35.9 Å². The number of benzene rings is 1. The molecule has 1 unspecified atom stereocenters. The van der Waals surface area contributed by atoms with E-state index in [0.29, 0.717) is 25.2 Å². The van der Waals surface area contributed by atoms with Crippen molar-refractivity contribution in [2.45, 2.75) is 62.9 Å². The minimum Gasteiger partial charge on any atom is -0.453 e. The topological polar surface area (TPSA) is 57.1 Å². The summed E-state index contributed by atoms with van der Waals surface area (Å²) >= 11 is 0. The van der Waals surface area contributed by atoms with Crippen LogP contribution in [0, 0.1) is 0 Å². The summed E-state index contributed by atoms with van der Waals surface area (Å²) in [5, 5.41) is 0. The Hall–Kier alpha value is -1.72. The van der Waals surface area contributed by atoms with E-state index in [1.54, 1.807) is 12.1 Å². The molecule has 1 saturated carbocycles. The normalized spacial score (nSPS) is 27.2. The van der Waals surface area contributed by atoms with E-state index < -0.39 is 11.3 Å². The lowest BCUT2D eigenvalue weighted by molar-refractivity contribution is -0.299. The lowest BCUT2D eigenvalue weighted by Gasteiger charge is -2.45. The Morgan fingerprint density at radius 3 is 2.48 bits per heavy atom. The number of ether oxygens (including phenoxy) is 3. The van der Waals surface area contributed by atoms with Crippen LogP contribution in [0.2, 0.25) is 0 Å². The zero-order valence-electron chi connectivity index (χ0n) is 14.7. The molecule has 2 aliphatic heterocycles. The second-order valence-corrected chi connectivity index (χ2v) is 7.49. The van der Waals surface area contributed by atoms with E-state index >= 15 is 0 Å². The molecule has 0 aromatic heterocycles. The van der Waals surface area contributed by atoms with Gasteiger partial charge in [0.1, 0.15) is 11.6 Å². The van der Waals surface area contributed by atoms with E-state index in [-0.39, 0.29) is 12.1 Å². The largest absolute Gasteiger partial charge is 0.453 e. The third-order valence-electron chi connectivity index (χ3n) is 5.53. The summed E-state index contributed by atoms with van der Waals surface area (Å²) in [5.41, 5.74) is 0.999. The highest BCUT2D eigenvalue weighted by molar-refractivity contribution is 5.94. The van der Waals surface area contributed by atoms with Gasteiger partial charge in [0.25, 0.3) is 0 Å². The molecular formula is C20H25NO4. The molecule has 5 heteroatoms. The number of esters is 1. The molecule has 0 radical (unpaired) electrons. The van der Waals surface area contributed by atoms with Crippen LogP contribution < -0.4 is 0 Å². The van der Waals surface area contributed by atoms with Crippen LogP contribution in [0.5, 0.6) is 0 Å². The first-order chi connectivity index (χ1) is 12.1. The van der Waals surface area contributed by atoms with Crippen LogP contribution in [0.25, 0.3) is 0 Å². The predicted octanol–water partition coefficient (Wildman–Crippen LogP) is 3.52. The molecular weight excluding hydrogens is 318 g/mol. The molecule has 0 amide bonds. The Morgan fingerprint density at radius 2 is 1.80 bits per heavy atom. The molecule has 1 aromatic rings. The molecule has 0 bridgehead atoms. The van der Waals surface area contributed by atoms with Crippen LogP contribution in [-0.2, 0) is 14.2 Å². The van der Waals surface area contributed by atoms with Crippen molar-refractivity contribution in [3.63, 3.8) is 0 Å². The van der Waals surface area contributed by atoms with Gasteiger partial charge in [0.2, 0.25) is 0 Å². The zero-order chi connectivity index (χ0) is 17.3. The lowest BCUT2D eigenvalue weighted by Crippen LogP contribution is -2.53. The van der Waals surface area contributed by atoms with Gasteiger partial charge in [0.05, 0.1) is 24.5 Å². The molecule has 1 aromatic carbocycles. The first-order valence-corrected chi connectivity index (χ1v) is 9.20. The highest BCUT2D eigenvalue weighted by Crippen LogP contribution is 2.41. The van der Waals surface area contributed by atoms with Crippen LogP contribution in [-0.4, -0.2) is 42.3 Å². The fraction of sp³-hybridized carbons (Fsp3) is 0.600. The molecule has 2 fully saturated rings. The molecule has 1 saturated heterocycles. The maximum atomic E-state index is 12.3. The van der Waals surface area contributed by atoms with E-state index in [1.807, 2.05) is 25.1 Å². The van der Waals surface area contributed by atoms with Crippen molar-refractivity contribution >= 4 is 11.7 Å². The summed E-state index contributed by atoms with van der Waals surface area (Å²) in [6.45, 7) is 3.01. The number of hydrogen-bond donors (Lipinski definition) is 0. The Morgan fingerprint density at radius 1 is 1.12 bits per heavy atom. The van der Waals surface area contributed by atoms with Crippen molar-refractivity contribution in [2.75, 3.05) is 13.2 Å². The van der Waals surface area contributed by atoms with Gasteiger partial charge in [0, 0.05) is 19.3 Å². The maximum Gasteiger partial charge on any atom is 0.338 e. The van der Waals surface area contributed by atoms with Gasteiger partial charge < -0.3 is 14.2 Å². The number of carbonyl (C=O) groups is 1. The van der Waals surface area contributed by atoms with Crippen LogP contribution in [0.15, 0.2) is 35.3 Å². The van der Waals surface area contributed by atoms with Gasteiger partial charge in [-0.25, -0.2) is 4.79 Å². The Kier molecular flexibility index (Phi) is 4.38. The van der Waals surface area contributed by atoms with Crippen LogP contribution >= 0.6 is 0 Å². The van der Waals surface area contributed by atoms with Crippen molar-refractivity contribution in [2.24, 2.45) is 4.99 Å². The first-order valence-electron chi connectivity index (χ1n) is 9.20. The average Bonchev–Trinajstić information content (AvgIpc) is 2.95. The van der Waals surface area contributed by atoms with Crippen molar-refractivity contribution in [1.29, 1.82) is 0 Å². The van der Waals surface area contributed by atoms with Gasteiger partial charge in [-0.15, -0.1) is 0 Å². The van der Waals surface area contributed by atoms with Gasteiger partial charge >= 0.3 is 5.97 Å². The van der Waals surface area contributed by atoms with Gasteiger partial charge in [-0.1, -0.05) is 24.6 Å². The molecule has 4 rings (SSSR count). The summed E-state index contributed by atoms with van der Waals surface area (Å²) in [4.78, 5) is 17.1. The molecule has 1 atom stereocenters. The molecule has 134 valence electrons. The number of aliphatic imine (C=N–C) groups is 1. The minimum atomic E-state index is -0.408. The second-order valence-electron chi connectivity index (χ2n) is 7.49. The van der Waals surface area contributed by atoms with Gasteiger partial charge in [0.15, 0.2) is 5.79 Å². The second kappa shape index (κ2) is 6.54. The molecule has 1 aliphatic carbocycles. The Balaban J connectivity index is 1.39. The highest BCUT2D eigenvalue weighted by Gasteiger charge is 2.49. The SMILES string of the molecule is CC1=NC2(COC3(CCCCC3)OC2)CC1OC(=O)c1ccccc1. The van der Waals surface area contributed by atoms with Crippen LogP contribution in [0.4, 0.5) is 0 Å². The Bertz CT molecular complexity index is 654. The van der Waals surface area contributed by atoms with Crippen LogP contribution in [0.3, 0.4) is 0 Å². The van der Waals surface area contributed by atoms with Gasteiger partial charge in [-0.2, -0.15) is 0 Å². The number of hydrogen-bond acceptors (Lipinski definition) is 5. The van der Waals surface area contributed by atoms with E-state index in [2.05, 4.69) is 0 Å². The molecule has 2 heterocycles. The third-order valence-corrected chi connectivity index (χ3v) is 5.53. The predicted molar refractivity (Wildman–Crippen MR) is 93.8 cm³/mol. The highest BCUT2D eigenvalue weighted by atomic mass is 16.7. The van der Waals surface area contributed by atoms with Gasteiger partial charge in [-0.05, 0) is 31.9 Å². The number of nitrogens with zero attached hydrogens (tertiary/aromatic N) is 1. The third kappa shape index (κ3) is 3.35. The summed E-state index contributed by atoms with van der Waals surface area (Å²) < 4.78 is 18.0. The fourth-order valence-corrected chi connectivity index (χ4v) is 4.06. The van der Waals surface area contributed by atoms with E-state index in [0.717, 1.165) is 31.4 Å². The quantitative estimate of drug-likeness (QED) is 0.771. The minimum absolute atomic E-state index is 0.305. The first kappa shape index (κ1) is 16.7. The number of rotatable bonds is 2. The summed E-state index contributed by atoms with van der Waals surface area (Å²) in [6.07, 6.45) is 5.85. The average molecular weight is 343 g/mol. The molecule has 0 N–H and O–H groups in total. The van der Waals surface area contributed by atoms with Gasteiger partial charge in [-0.3, -0.25) is 4.99 Å². The Labute approximate surface area is 148 Å². The van der Waals surface area contributed by atoms with Crippen molar-refractivity contribution in [3.8, 4) is 0 Å². The summed E-state index contributed by atoms with van der Waals surface area (Å²) in [7, 11) is 0. The van der Waals surface area contributed by atoms with E-state index in [9.17, 15) is 4.79 Å². The maximum absolute atomic E-state index is 12.3. The lowest BCUT2D eigenvalue weighted by atomic mass is 9.90. The standard InChI is InChI=1S/C20H25NO4/c1-15-17(25-18(22)16-8-4-2-5-9-16)12-19(21-15)13-23-20(24-14-19)10-6-3-7-11-20/h2,4-5,8-9,17H,3,6-7,10-14H2,1H3. The van der Waals surface area contributed by atoms with Crippen LogP contribution in [0.1, 0.15) is 55.8 Å². The monoisotopic (exact) mass is 343 g/mol. The zero-order valence-corrected chi connectivity index (χ0v) is 14.7. The molecule has 25 heavy (non-hydrogen) atoms.